The second-order valence-electron chi connectivity index (χ2n) is 1.83. The molecule has 54 valence electrons. The van der Waals surface area contributed by atoms with Crippen molar-refractivity contribution in [3.63, 3.8) is 0 Å². The third kappa shape index (κ3) is 0.974. The molecule has 1 rings (SSSR count). The molecule has 0 aromatic carbocycles. The van der Waals surface area contributed by atoms with Crippen LogP contribution in [0, 0.1) is 0 Å². The van der Waals surface area contributed by atoms with Crippen LogP contribution in [-0.4, -0.2) is 14.8 Å². The SMILES string of the molecule is Cn1c(C(=O)Cl)cnc1N. The molecule has 4 nitrogen and oxygen atoms in total. The predicted octanol–water partition coefficient (Wildman–Crippen LogP) is 0.381. The van der Waals surface area contributed by atoms with Gasteiger partial charge in [0.15, 0.2) is 5.95 Å². The van der Waals surface area contributed by atoms with E-state index in [1.165, 1.54) is 10.8 Å². The minimum atomic E-state index is -0.549. The zero-order valence-electron chi connectivity index (χ0n) is 5.34. The van der Waals surface area contributed by atoms with E-state index in [0.29, 0.717) is 5.69 Å². The van der Waals surface area contributed by atoms with E-state index in [4.69, 9.17) is 17.3 Å². The number of rotatable bonds is 1. The van der Waals surface area contributed by atoms with Crippen molar-refractivity contribution < 1.29 is 4.79 Å². The molecule has 1 heterocycles. The minimum absolute atomic E-state index is 0.281. The van der Waals surface area contributed by atoms with Crippen molar-refractivity contribution in [2.24, 2.45) is 7.05 Å². The molecule has 1 aromatic heterocycles. The number of nitrogens with zero attached hydrogens (tertiary/aromatic N) is 2. The van der Waals surface area contributed by atoms with Gasteiger partial charge in [0.1, 0.15) is 5.69 Å². The number of carbonyl (C=O) groups is 1. The van der Waals surface area contributed by atoms with Crippen LogP contribution in [0.4, 0.5) is 5.95 Å². The van der Waals surface area contributed by atoms with Gasteiger partial charge in [0, 0.05) is 7.05 Å². The van der Waals surface area contributed by atoms with Crippen LogP contribution >= 0.6 is 11.6 Å². The van der Waals surface area contributed by atoms with E-state index in [-0.39, 0.29) is 5.95 Å². The van der Waals surface area contributed by atoms with Crippen LogP contribution in [0.2, 0.25) is 0 Å². The minimum Gasteiger partial charge on any atom is -0.369 e. The smallest absolute Gasteiger partial charge is 0.270 e. The fourth-order valence-electron chi connectivity index (χ4n) is 0.606. The molecule has 0 saturated carbocycles. The van der Waals surface area contributed by atoms with Gasteiger partial charge in [-0.05, 0) is 11.6 Å². The second-order valence-corrected chi connectivity index (χ2v) is 2.18. The Bertz CT molecular complexity index is 268. The van der Waals surface area contributed by atoms with E-state index in [9.17, 15) is 4.79 Å². The fraction of sp³-hybridized carbons (Fsp3) is 0.200. The molecule has 1 aromatic rings. The summed E-state index contributed by atoms with van der Waals surface area (Å²) in [7, 11) is 1.62. The molecule has 0 aliphatic rings. The van der Waals surface area contributed by atoms with Crippen molar-refractivity contribution in [2.45, 2.75) is 0 Å². The Hall–Kier alpha value is -1.03. The van der Waals surface area contributed by atoms with Crippen molar-refractivity contribution in [3.8, 4) is 0 Å². The number of aromatic nitrogens is 2. The van der Waals surface area contributed by atoms with E-state index in [1.54, 1.807) is 7.05 Å². The van der Waals surface area contributed by atoms with E-state index in [2.05, 4.69) is 4.98 Å². The number of halogens is 1. The monoisotopic (exact) mass is 159 g/mol. The maximum absolute atomic E-state index is 10.5. The molecule has 0 saturated heterocycles. The first-order valence-electron chi connectivity index (χ1n) is 2.60. The third-order valence-electron chi connectivity index (χ3n) is 1.23. The lowest BCUT2D eigenvalue weighted by Gasteiger charge is -1.95. The normalized spacial score (nSPS) is 9.80. The number of hydrogen-bond acceptors (Lipinski definition) is 3. The number of anilines is 1. The van der Waals surface area contributed by atoms with Gasteiger partial charge >= 0.3 is 0 Å². The summed E-state index contributed by atoms with van der Waals surface area (Å²) in [6, 6.07) is 0. The van der Waals surface area contributed by atoms with Gasteiger partial charge in [0.2, 0.25) is 0 Å². The number of nitrogen functional groups attached to an aromatic ring is 1. The molecule has 0 radical (unpaired) electrons. The molecule has 0 unspecified atom stereocenters. The van der Waals surface area contributed by atoms with Crippen LogP contribution in [0.5, 0.6) is 0 Å². The Kier molecular flexibility index (Phi) is 1.63. The summed E-state index contributed by atoms with van der Waals surface area (Å²) < 4.78 is 1.43. The first kappa shape index (κ1) is 7.08. The number of nitrogens with two attached hydrogens (primary N) is 1. The van der Waals surface area contributed by atoms with Gasteiger partial charge in [0.25, 0.3) is 5.24 Å². The molecule has 0 spiro atoms. The molecule has 0 bridgehead atoms. The number of imidazole rings is 1. The molecular weight excluding hydrogens is 154 g/mol. The summed E-state index contributed by atoms with van der Waals surface area (Å²) in [5.41, 5.74) is 5.62. The summed E-state index contributed by atoms with van der Waals surface area (Å²) in [5, 5.41) is -0.549. The molecule has 0 aliphatic carbocycles. The summed E-state index contributed by atoms with van der Waals surface area (Å²) >= 11 is 5.17. The standard InChI is InChI=1S/C5H6ClN3O/c1-9-3(4(6)10)2-8-5(9)7/h2H,1H3,(H2,7,8). The third-order valence-corrected chi connectivity index (χ3v) is 1.42. The van der Waals surface area contributed by atoms with Crippen LogP contribution in [0.25, 0.3) is 0 Å². The molecule has 0 atom stereocenters. The van der Waals surface area contributed by atoms with Crippen LogP contribution < -0.4 is 5.73 Å². The van der Waals surface area contributed by atoms with Crippen LogP contribution in [0.1, 0.15) is 10.5 Å². The lowest BCUT2D eigenvalue weighted by Crippen LogP contribution is -2.02. The summed E-state index contributed by atoms with van der Waals surface area (Å²) in [4.78, 5) is 14.2. The Labute approximate surface area is 62.6 Å². The lowest BCUT2D eigenvalue weighted by molar-refractivity contribution is 0.107. The Morgan fingerprint density at radius 2 is 2.50 bits per heavy atom. The topological polar surface area (TPSA) is 60.9 Å². The van der Waals surface area contributed by atoms with Crippen molar-refractivity contribution in [1.82, 2.24) is 9.55 Å². The van der Waals surface area contributed by atoms with Crippen LogP contribution in [0.3, 0.4) is 0 Å². The van der Waals surface area contributed by atoms with Gasteiger partial charge in [0.05, 0.1) is 6.20 Å². The van der Waals surface area contributed by atoms with E-state index < -0.39 is 5.24 Å². The van der Waals surface area contributed by atoms with Crippen molar-refractivity contribution in [3.05, 3.63) is 11.9 Å². The van der Waals surface area contributed by atoms with E-state index in [1.807, 2.05) is 0 Å². The highest BCUT2D eigenvalue weighted by molar-refractivity contribution is 6.67. The molecule has 5 heteroatoms. The molecule has 10 heavy (non-hydrogen) atoms. The molecule has 0 amide bonds. The maximum atomic E-state index is 10.5. The first-order valence-corrected chi connectivity index (χ1v) is 2.97. The van der Waals surface area contributed by atoms with Crippen LogP contribution in [0.15, 0.2) is 6.20 Å². The Morgan fingerprint density at radius 3 is 2.70 bits per heavy atom. The summed E-state index contributed by atoms with van der Waals surface area (Å²) in [6.07, 6.45) is 1.34. The van der Waals surface area contributed by atoms with E-state index in [0.717, 1.165) is 0 Å². The average molecular weight is 160 g/mol. The first-order chi connectivity index (χ1) is 4.63. The summed E-state index contributed by atoms with van der Waals surface area (Å²) in [5.74, 6) is 0.281. The highest BCUT2D eigenvalue weighted by Crippen LogP contribution is 2.06. The highest BCUT2D eigenvalue weighted by atomic mass is 35.5. The Morgan fingerprint density at radius 1 is 1.90 bits per heavy atom. The van der Waals surface area contributed by atoms with Crippen molar-refractivity contribution in [1.29, 1.82) is 0 Å². The zero-order chi connectivity index (χ0) is 7.72. The van der Waals surface area contributed by atoms with Gasteiger partial charge in [-0.25, -0.2) is 4.98 Å². The molecule has 0 aliphatic heterocycles. The largest absolute Gasteiger partial charge is 0.369 e. The molecule has 2 N–H and O–H groups in total. The van der Waals surface area contributed by atoms with Gasteiger partial charge in [-0.2, -0.15) is 0 Å². The maximum Gasteiger partial charge on any atom is 0.270 e. The quantitative estimate of drug-likeness (QED) is 0.603. The Balaban J connectivity index is 3.17. The highest BCUT2D eigenvalue weighted by Gasteiger charge is 2.08. The average Bonchev–Trinajstić information content (AvgIpc) is 2.14. The van der Waals surface area contributed by atoms with Crippen LogP contribution in [-0.2, 0) is 7.05 Å². The fourth-order valence-corrected chi connectivity index (χ4v) is 0.782. The second kappa shape index (κ2) is 2.30. The number of carbonyl (C=O) groups excluding carboxylic acids is 1. The molecule has 0 fully saturated rings. The van der Waals surface area contributed by atoms with Crippen molar-refractivity contribution in [2.75, 3.05) is 5.73 Å². The van der Waals surface area contributed by atoms with Gasteiger partial charge in [-0.3, -0.25) is 4.79 Å². The summed E-state index contributed by atoms with van der Waals surface area (Å²) in [6.45, 7) is 0. The van der Waals surface area contributed by atoms with Gasteiger partial charge in [-0.1, -0.05) is 0 Å². The molecular formula is C5H6ClN3O. The lowest BCUT2D eigenvalue weighted by atomic mass is 10.5. The van der Waals surface area contributed by atoms with E-state index >= 15 is 0 Å². The zero-order valence-corrected chi connectivity index (χ0v) is 6.09. The van der Waals surface area contributed by atoms with Crippen molar-refractivity contribution >= 4 is 22.8 Å². The van der Waals surface area contributed by atoms with Gasteiger partial charge < -0.3 is 10.3 Å². The predicted molar refractivity (Wildman–Crippen MR) is 37.8 cm³/mol. The van der Waals surface area contributed by atoms with Gasteiger partial charge in [-0.15, -0.1) is 0 Å². The number of hydrogen-bond donors (Lipinski definition) is 1.